The third kappa shape index (κ3) is 6.52. The number of ether oxygens (including phenoxy) is 1. The number of thioether (sulfide) groups is 1. The van der Waals surface area contributed by atoms with Gasteiger partial charge in [-0.05, 0) is 45.0 Å². The Morgan fingerprint density at radius 3 is 2.43 bits per heavy atom. The van der Waals surface area contributed by atoms with Gasteiger partial charge in [0.25, 0.3) is 5.91 Å². The number of amides is 1. The second-order valence-electron chi connectivity index (χ2n) is 5.92. The van der Waals surface area contributed by atoms with Crippen molar-refractivity contribution in [2.24, 2.45) is 0 Å². The highest BCUT2D eigenvalue weighted by atomic mass is 32.2. The molecule has 0 saturated heterocycles. The van der Waals surface area contributed by atoms with Gasteiger partial charge in [-0.1, -0.05) is 17.8 Å². The second-order valence-corrected chi connectivity index (χ2v) is 6.86. The number of hydrogen-bond donors (Lipinski definition) is 1. The number of anilines is 1. The summed E-state index contributed by atoms with van der Waals surface area (Å²) >= 11 is 1.07. The van der Waals surface area contributed by atoms with Gasteiger partial charge in [0.05, 0.1) is 11.3 Å². The van der Waals surface area contributed by atoms with Crippen molar-refractivity contribution >= 4 is 29.3 Å². The van der Waals surface area contributed by atoms with E-state index in [1.54, 1.807) is 19.9 Å². The standard InChI is InChI=1S/C18H18F3N3O3S/c1-10-7-11(2)23-17(22-10)28-9-15(25)27-12(3)16(26)24-14-6-4-5-13(8-14)18(19,20)21/h4-8,12H,9H2,1-3H3,(H,24,26)/t12-/m1/s1. The number of halogens is 3. The molecule has 0 spiro atoms. The Bertz CT molecular complexity index is 854. The molecule has 1 amide bonds. The van der Waals surface area contributed by atoms with Crippen molar-refractivity contribution in [2.75, 3.05) is 11.1 Å². The zero-order valence-electron chi connectivity index (χ0n) is 15.3. The average molecular weight is 413 g/mol. The van der Waals surface area contributed by atoms with Crippen LogP contribution in [0.3, 0.4) is 0 Å². The smallest absolute Gasteiger partial charge is 0.416 e. The molecule has 0 aliphatic carbocycles. The van der Waals surface area contributed by atoms with E-state index in [1.807, 2.05) is 0 Å². The van der Waals surface area contributed by atoms with E-state index in [0.717, 1.165) is 35.3 Å². The molecule has 1 heterocycles. The van der Waals surface area contributed by atoms with E-state index in [9.17, 15) is 22.8 Å². The molecule has 1 N–H and O–H groups in total. The lowest BCUT2D eigenvalue weighted by Crippen LogP contribution is -2.30. The Morgan fingerprint density at radius 1 is 1.18 bits per heavy atom. The molecular weight excluding hydrogens is 395 g/mol. The van der Waals surface area contributed by atoms with Crippen molar-refractivity contribution in [3.63, 3.8) is 0 Å². The zero-order valence-corrected chi connectivity index (χ0v) is 16.1. The first-order chi connectivity index (χ1) is 13.0. The third-order valence-electron chi connectivity index (χ3n) is 3.42. The van der Waals surface area contributed by atoms with Crippen molar-refractivity contribution in [3.8, 4) is 0 Å². The minimum atomic E-state index is -4.52. The normalized spacial score (nSPS) is 12.4. The van der Waals surface area contributed by atoms with Gasteiger partial charge >= 0.3 is 12.1 Å². The fourth-order valence-electron chi connectivity index (χ4n) is 2.18. The van der Waals surface area contributed by atoms with Gasteiger partial charge in [-0.3, -0.25) is 9.59 Å². The molecule has 0 radical (unpaired) electrons. The van der Waals surface area contributed by atoms with Crippen LogP contribution in [0.4, 0.5) is 18.9 Å². The molecule has 6 nitrogen and oxygen atoms in total. The summed E-state index contributed by atoms with van der Waals surface area (Å²) in [4.78, 5) is 32.3. The molecule has 1 aromatic carbocycles. The van der Waals surface area contributed by atoms with Crippen LogP contribution in [0.1, 0.15) is 23.9 Å². The van der Waals surface area contributed by atoms with Crippen LogP contribution in [0.2, 0.25) is 0 Å². The maximum atomic E-state index is 12.7. The molecule has 1 aromatic heterocycles. The molecular formula is C18H18F3N3O3S. The largest absolute Gasteiger partial charge is 0.452 e. The van der Waals surface area contributed by atoms with E-state index >= 15 is 0 Å². The van der Waals surface area contributed by atoms with Crippen molar-refractivity contribution < 1.29 is 27.5 Å². The van der Waals surface area contributed by atoms with E-state index in [1.165, 1.54) is 19.1 Å². The predicted molar refractivity (Wildman–Crippen MR) is 97.9 cm³/mol. The number of hydrogen-bond acceptors (Lipinski definition) is 6. The van der Waals surface area contributed by atoms with Crippen LogP contribution in [-0.2, 0) is 20.5 Å². The van der Waals surface area contributed by atoms with Gasteiger partial charge in [0.2, 0.25) is 0 Å². The Morgan fingerprint density at radius 2 is 1.82 bits per heavy atom. The van der Waals surface area contributed by atoms with Crippen LogP contribution >= 0.6 is 11.8 Å². The number of alkyl halides is 3. The summed E-state index contributed by atoms with van der Waals surface area (Å²) < 4.78 is 43.2. The maximum absolute atomic E-state index is 12.7. The lowest BCUT2D eigenvalue weighted by molar-refractivity contribution is -0.150. The van der Waals surface area contributed by atoms with Crippen molar-refractivity contribution in [1.29, 1.82) is 0 Å². The van der Waals surface area contributed by atoms with Gasteiger partial charge in [0, 0.05) is 17.1 Å². The van der Waals surface area contributed by atoms with Crippen LogP contribution < -0.4 is 5.32 Å². The number of carbonyl (C=O) groups is 2. The first-order valence-electron chi connectivity index (χ1n) is 8.17. The molecule has 10 heteroatoms. The molecule has 0 fully saturated rings. The molecule has 0 saturated carbocycles. The van der Waals surface area contributed by atoms with E-state index in [-0.39, 0.29) is 11.4 Å². The van der Waals surface area contributed by atoms with Gasteiger partial charge < -0.3 is 10.1 Å². The summed E-state index contributed by atoms with van der Waals surface area (Å²) in [6, 6.07) is 5.98. The average Bonchev–Trinajstić information content (AvgIpc) is 2.58. The van der Waals surface area contributed by atoms with E-state index in [0.29, 0.717) is 5.16 Å². The molecule has 1 atom stereocenters. The van der Waals surface area contributed by atoms with Gasteiger partial charge in [0.15, 0.2) is 11.3 Å². The van der Waals surface area contributed by atoms with Crippen molar-refractivity contribution in [1.82, 2.24) is 9.97 Å². The maximum Gasteiger partial charge on any atom is 0.416 e. The first kappa shape index (κ1) is 21.7. The van der Waals surface area contributed by atoms with Crippen molar-refractivity contribution in [3.05, 3.63) is 47.3 Å². The Labute approximate surface area is 163 Å². The summed E-state index contributed by atoms with van der Waals surface area (Å²) in [7, 11) is 0. The molecule has 28 heavy (non-hydrogen) atoms. The molecule has 0 unspecified atom stereocenters. The van der Waals surface area contributed by atoms with Gasteiger partial charge in [-0.2, -0.15) is 13.2 Å². The Kier molecular flexibility index (Phi) is 7.00. The fourth-order valence-corrected chi connectivity index (χ4v) is 2.92. The van der Waals surface area contributed by atoms with Crippen LogP contribution in [0.5, 0.6) is 0 Å². The SMILES string of the molecule is Cc1cc(C)nc(SCC(=O)O[C@H](C)C(=O)Nc2cccc(C(F)(F)F)c2)n1. The highest BCUT2D eigenvalue weighted by Crippen LogP contribution is 2.30. The summed E-state index contributed by atoms with van der Waals surface area (Å²) in [6.07, 6.45) is -5.70. The topological polar surface area (TPSA) is 81.2 Å². The molecule has 2 aromatic rings. The van der Waals surface area contributed by atoms with E-state index in [4.69, 9.17) is 4.74 Å². The summed E-state index contributed by atoms with van der Waals surface area (Å²) in [5, 5.41) is 2.71. The van der Waals surface area contributed by atoms with E-state index < -0.39 is 29.7 Å². The lowest BCUT2D eigenvalue weighted by atomic mass is 10.2. The molecule has 0 aliphatic rings. The first-order valence-corrected chi connectivity index (χ1v) is 9.16. The number of nitrogens with zero attached hydrogens (tertiary/aromatic N) is 2. The van der Waals surface area contributed by atoms with Crippen LogP contribution in [-0.4, -0.2) is 33.7 Å². The molecule has 0 aliphatic heterocycles. The van der Waals surface area contributed by atoms with Crippen molar-refractivity contribution in [2.45, 2.75) is 38.2 Å². The highest BCUT2D eigenvalue weighted by molar-refractivity contribution is 7.99. The third-order valence-corrected chi connectivity index (χ3v) is 4.24. The number of aryl methyl sites for hydroxylation is 2. The predicted octanol–water partition coefficient (Wildman–Crippen LogP) is 3.77. The summed E-state index contributed by atoms with van der Waals surface area (Å²) in [6.45, 7) is 4.94. The van der Waals surface area contributed by atoms with Crippen LogP contribution in [0.15, 0.2) is 35.5 Å². The molecule has 0 bridgehead atoms. The monoisotopic (exact) mass is 413 g/mol. The number of rotatable bonds is 6. The van der Waals surface area contributed by atoms with Crippen LogP contribution in [0, 0.1) is 13.8 Å². The number of carbonyl (C=O) groups excluding carboxylic acids is 2. The number of aromatic nitrogens is 2. The zero-order chi connectivity index (χ0) is 20.9. The number of benzene rings is 1. The molecule has 150 valence electrons. The lowest BCUT2D eigenvalue weighted by Gasteiger charge is -2.14. The molecule has 2 rings (SSSR count). The number of esters is 1. The van der Waals surface area contributed by atoms with Gasteiger partial charge in [-0.15, -0.1) is 0 Å². The second kappa shape index (κ2) is 9.05. The Hall–Kier alpha value is -2.62. The van der Waals surface area contributed by atoms with Gasteiger partial charge in [0.1, 0.15) is 0 Å². The highest BCUT2D eigenvalue weighted by Gasteiger charge is 2.30. The minimum Gasteiger partial charge on any atom is -0.452 e. The fraction of sp³-hybridized carbons (Fsp3) is 0.333. The minimum absolute atomic E-state index is 0.0410. The Balaban J connectivity index is 1.88. The number of nitrogens with one attached hydrogen (secondary N) is 1. The van der Waals surface area contributed by atoms with Crippen LogP contribution in [0.25, 0.3) is 0 Å². The van der Waals surface area contributed by atoms with Gasteiger partial charge in [-0.25, -0.2) is 9.97 Å². The quantitative estimate of drug-likeness (QED) is 0.441. The van der Waals surface area contributed by atoms with E-state index in [2.05, 4.69) is 15.3 Å². The summed E-state index contributed by atoms with van der Waals surface area (Å²) in [5.74, 6) is -1.51. The summed E-state index contributed by atoms with van der Waals surface area (Å²) in [5.41, 5.74) is 0.593.